The summed E-state index contributed by atoms with van der Waals surface area (Å²) in [7, 11) is 0. The molecule has 2 aromatic carbocycles. The van der Waals surface area contributed by atoms with Gasteiger partial charge in [-0.1, -0.05) is 54.2 Å². The monoisotopic (exact) mass is 439 g/mol. The zero-order valence-corrected chi connectivity index (χ0v) is 18.0. The fourth-order valence-corrected chi connectivity index (χ4v) is 3.97. The maximum atomic E-state index is 12.3. The molecule has 3 N–H and O–H groups in total. The van der Waals surface area contributed by atoms with Crippen LogP contribution in [0, 0.1) is 0 Å². The van der Waals surface area contributed by atoms with Crippen LogP contribution in [-0.2, 0) is 11.2 Å². The molecule has 0 saturated heterocycles. The van der Waals surface area contributed by atoms with Gasteiger partial charge in [0, 0.05) is 6.04 Å². The topological polar surface area (TPSA) is 104 Å². The third kappa shape index (κ3) is 5.29. The van der Waals surface area contributed by atoms with E-state index < -0.39 is 6.10 Å². The third-order valence-corrected chi connectivity index (χ3v) is 5.88. The molecule has 162 valence electrons. The van der Waals surface area contributed by atoms with Gasteiger partial charge in [0.1, 0.15) is 6.61 Å². The highest BCUT2D eigenvalue weighted by Crippen LogP contribution is 2.35. The van der Waals surface area contributed by atoms with E-state index in [2.05, 4.69) is 27.6 Å². The van der Waals surface area contributed by atoms with Crippen molar-refractivity contribution >= 4 is 17.7 Å². The summed E-state index contributed by atoms with van der Waals surface area (Å²) < 4.78 is 13.0. The Morgan fingerprint density at radius 1 is 1.19 bits per heavy atom. The van der Waals surface area contributed by atoms with E-state index in [1.165, 1.54) is 22.0 Å². The molecule has 2 atom stereocenters. The molecule has 1 aliphatic rings. The van der Waals surface area contributed by atoms with Crippen molar-refractivity contribution in [2.45, 2.75) is 37.1 Å². The van der Waals surface area contributed by atoms with Gasteiger partial charge in [0.25, 0.3) is 0 Å². The first-order chi connectivity index (χ1) is 15.1. The number of aromatic nitrogens is 3. The second kappa shape index (κ2) is 9.74. The van der Waals surface area contributed by atoms with Crippen LogP contribution in [0.5, 0.6) is 11.5 Å². The first-order valence-electron chi connectivity index (χ1n) is 10.1. The van der Waals surface area contributed by atoms with Gasteiger partial charge >= 0.3 is 0 Å². The maximum absolute atomic E-state index is 12.3. The number of carbonyl (C=O) groups is 1. The lowest BCUT2D eigenvalue weighted by molar-refractivity contribution is -0.119. The smallest absolute Gasteiger partial charge is 0.230 e. The van der Waals surface area contributed by atoms with Gasteiger partial charge in [0.2, 0.25) is 11.1 Å². The summed E-state index contributed by atoms with van der Waals surface area (Å²) in [6, 6.07) is 17.7. The summed E-state index contributed by atoms with van der Waals surface area (Å²) >= 11 is 1.24. The van der Waals surface area contributed by atoms with E-state index in [4.69, 9.17) is 15.3 Å². The molecule has 1 aromatic heterocycles. The highest BCUT2D eigenvalue weighted by atomic mass is 32.2. The van der Waals surface area contributed by atoms with E-state index in [-0.39, 0.29) is 24.3 Å². The zero-order valence-electron chi connectivity index (χ0n) is 17.2. The highest BCUT2D eigenvalue weighted by Gasteiger charge is 2.28. The SMILES string of the molecule is C[C@@H](CCc1ccccc1)NC(=O)CSc1nnc([C@H]2COc3ccccc3O2)n1N. The van der Waals surface area contributed by atoms with Crippen LogP contribution in [0.1, 0.15) is 30.8 Å². The van der Waals surface area contributed by atoms with Crippen LogP contribution in [0.15, 0.2) is 59.8 Å². The number of nitrogens with zero attached hydrogens (tertiary/aromatic N) is 3. The van der Waals surface area contributed by atoms with Crippen LogP contribution >= 0.6 is 11.8 Å². The predicted molar refractivity (Wildman–Crippen MR) is 119 cm³/mol. The molecule has 0 spiro atoms. The Balaban J connectivity index is 1.26. The Morgan fingerprint density at radius 3 is 2.74 bits per heavy atom. The van der Waals surface area contributed by atoms with Crippen molar-refractivity contribution in [3.8, 4) is 11.5 Å². The highest BCUT2D eigenvalue weighted by molar-refractivity contribution is 7.99. The molecule has 0 unspecified atom stereocenters. The van der Waals surface area contributed by atoms with Crippen molar-refractivity contribution in [1.82, 2.24) is 20.2 Å². The first-order valence-corrected chi connectivity index (χ1v) is 11.1. The Hall–Kier alpha value is -3.20. The second-order valence-corrected chi connectivity index (χ2v) is 8.30. The number of thioether (sulfide) groups is 1. The average molecular weight is 440 g/mol. The lowest BCUT2D eigenvalue weighted by atomic mass is 10.1. The standard InChI is InChI=1S/C22H25N5O3S/c1-15(11-12-16-7-3-2-4-8-16)24-20(28)14-31-22-26-25-21(27(22)23)19-13-29-17-9-5-6-10-18(17)30-19/h2-10,15,19H,11-14,23H2,1H3,(H,24,28)/t15-,19+/m0/s1. The van der Waals surface area contributed by atoms with Crippen LogP contribution in [0.25, 0.3) is 0 Å². The van der Waals surface area contributed by atoms with E-state index in [1.54, 1.807) is 0 Å². The number of nitrogen functional groups attached to an aromatic ring is 1. The molecule has 1 aliphatic heterocycles. The van der Waals surface area contributed by atoms with Crippen LogP contribution in [0.2, 0.25) is 0 Å². The molecule has 3 aromatic rings. The lowest BCUT2D eigenvalue weighted by Gasteiger charge is -2.25. The summed E-state index contributed by atoms with van der Waals surface area (Å²) in [5.41, 5.74) is 1.26. The fourth-order valence-electron chi connectivity index (χ4n) is 3.30. The molecule has 0 bridgehead atoms. The number of hydrogen-bond acceptors (Lipinski definition) is 7. The number of hydrogen-bond donors (Lipinski definition) is 2. The number of nitrogens with two attached hydrogens (primary N) is 1. The van der Waals surface area contributed by atoms with Crippen molar-refractivity contribution in [2.75, 3.05) is 18.2 Å². The third-order valence-electron chi connectivity index (χ3n) is 4.94. The minimum atomic E-state index is -0.464. The second-order valence-electron chi connectivity index (χ2n) is 7.36. The van der Waals surface area contributed by atoms with Crippen LogP contribution in [-0.4, -0.2) is 39.2 Å². The Morgan fingerprint density at radius 2 is 1.94 bits per heavy atom. The van der Waals surface area contributed by atoms with Crippen LogP contribution < -0.4 is 20.6 Å². The molecule has 0 fully saturated rings. The number of amides is 1. The summed E-state index contributed by atoms with van der Waals surface area (Å²) in [6.45, 7) is 2.30. The summed E-state index contributed by atoms with van der Waals surface area (Å²) in [6.07, 6.45) is 1.33. The van der Waals surface area contributed by atoms with E-state index in [0.717, 1.165) is 12.8 Å². The Bertz CT molecular complexity index is 1030. The van der Waals surface area contributed by atoms with Gasteiger partial charge in [-0.2, -0.15) is 0 Å². The molecule has 0 aliphatic carbocycles. The largest absolute Gasteiger partial charge is 0.485 e. The minimum Gasteiger partial charge on any atom is -0.485 e. The molecule has 8 nitrogen and oxygen atoms in total. The fraction of sp³-hybridized carbons (Fsp3) is 0.318. The molecule has 31 heavy (non-hydrogen) atoms. The molecule has 2 heterocycles. The first kappa shape index (κ1) is 21.0. The summed E-state index contributed by atoms with van der Waals surface area (Å²) in [4.78, 5) is 12.3. The van der Waals surface area contributed by atoms with Crippen molar-refractivity contribution in [3.63, 3.8) is 0 Å². The number of fused-ring (bicyclic) bond motifs is 1. The summed E-state index contributed by atoms with van der Waals surface area (Å²) in [5, 5.41) is 11.7. The van der Waals surface area contributed by atoms with Gasteiger partial charge in [0.15, 0.2) is 23.4 Å². The molecule has 0 saturated carbocycles. The quantitative estimate of drug-likeness (QED) is 0.411. The van der Waals surface area contributed by atoms with Gasteiger partial charge in [-0.3, -0.25) is 4.79 Å². The van der Waals surface area contributed by atoms with Gasteiger partial charge < -0.3 is 20.6 Å². The number of ether oxygens (including phenoxy) is 2. The van der Waals surface area contributed by atoms with Gasteiger partial charge in [-0.25, -0.2) is 4.68 Å². The number of carbonyl (C=O) groups excluding carboxylic acids is 1. The van der Waals surface area contributed by atoms with Crippen molar-refractivity contribution < 1.29 is 14.3 Å². The molecular formula is C22H25N5O3S. The van der Waals surface area contributed by atoms with Gasteiger partial charge in [-0.05, 0) is 37.5 Å². The molecule has 0 radical (unpaired) electrons. The predicted octanol–water partition coefficient (Wildman–Crippen LogP) is 2.73. The van der Waals surface area contributed by atoms with Crippen molar-refractivity contribution in [1.29, 1.82) is 0 Å². The minimum absolute atomic E-state index is 0.0683. The molecule has 4 rings (SSSR count). The summed E-state index contributed by atoms with van der Waals surface area (Å²) in [5.74, 6) is 8.07. The molecule has 9 heteroatoms. The van der Waals surface area contributed by atoms with Crippen LogP contribution in [0.3, 0.4) is 0 Å². The van der Waals surface area contributed by atoms with Gasteiger partial charge in [-0.15, -0.1) is 10.2 Å². The Kier molecular flexibility index (Phi) is 6.61. The van der Waals surface area contributed by atoms with E-state index in [9.17, 15) is 4.79 Å². The van der Waals surface area contributed by atoms with Crippen LogP contribution in [0.4, 0.5) is 0 Å². The lowest BCUT2D eigenvalue weighted by Crippen LogP contribution is -2.34. The Labute approximate surface area is 185 Å². The number of benzene rings is 2. The number of para-hydroxylation sites is 2. The maximum Gasteiger partial charge on any atom is 0.230 e. The van der Waals surface area contributed by atoms with E-state index in [1.807, 2.05) is 49.4 Å². The van der Waals surface area contributed by atoms with Gasteiger partial charge in [0.05, 0.1) is 5.75 Å². The van der Waals surface area contributed by atoms with Crippen molar-refractivity contribution in [3.05, 3.63) is 66.0 Å². The number of aryl methyl sites for hydroxylation is 1. The zero-order chi connectivity index (χ0) is 21.6. The molecular weight excluding hydrogens is 414 g/mol. The molecule has 1 amide bonds. The number of rotatable bonds is 8. The normalized spacial score (nSPS) is 16.0. The van der Waals surface area contributed by atoms with Crippen molar-refractivity contribution in [2.24, 2.45) is 0 Å². The van der Waals surface area contributed by atoms with E-state index in [0.29, 0.717) is 22.5 Å². The number of nitrogens with one attached hydrogen (secondary N) is 1. The average Bonchev–Trinajstić information content (AvgIpc) is 3.17. The van der Waals surface area contributed by atoms with E-state index >= 15 is 0 Å².